The van der Waals surface area contributed by atoms with Crippen LogP contribution in [0, 0.1) is 0 Å². The zero-order chi connectivity index (χ0) is 16.3. The number of nitrogens with two attached hydrogens (primary N) is 1. The molecular formula is C17H25N5O. The van der Waals surface area contributed by atoms with E-state index in [1.54, 1.807) is 0 Å². The molecule has 0 radical (unpaired) electrons. The molecule has 1 saturated heterocycles. The lowest BCUT2D eigenvalue weighted by Gasteiger charge is -2.47. The molecule has 2 heterocycles. The molecule has 2 aromatic rings. The van der Waals surface area contributed by atoms with E-state index in [2.05, 4.69) is 64.1 Å². The van der Waals surface area contributed by atoms with Crippen molar-refractivity contribution in [1.29, 1.82) is 0 Å². The smallest absolute Gasteiger partial charge is 0.240 e. The van der Waals surface area contributed by atoms with Crippen molar-refractivity contribution in [3.8, 4) is 0 Å². The molecule has 0 saturated carbocycles. The van der Waals surface area contributed by atoms with Gasteiger partial charge in [-0.25, -0.2) is 0 Å². The van der Waals surface area contributed by atoms with Crippen molar-refractivity contribution in [2.24, 2.45) is 5.73 Å². The molecule has 3 rings (SSSR count). The van der Waals surface area contributed by atoms with Crippen LogP contribution in [0.5, 0.6) is 0 Å². The van der Waals surface area contributed by atoms with Crippen molar-refractivity contribution in [2.75, 3.05) is 19.6 Å². The van der Waals surface area contributed by atoms with E-state index < -0.39 is 0 Å². The Morgan fingerprint density at radius 1 is 1.17 bits per heavy atom. The summed E-state index contributed by atoms with van der Waals surface area (Å²) in [5.74, 6) is 1.22. The number of piperazine rings is 1. The normalized spacial score (nSPS) is 19.1. The molecule has 2 N–H and O–H groups in total. The first kappa shape index (κ1) is 16.1. The second kappa shape index (κ2) is 6.78. The molecule has 0 bridgehead atoms. The van der Waals surface area contributed by atoms with Crippen molar-refractivity contribution in [2.45, 2.75) is 39.0 Å². The summed E-state index contributed by atoms with van der Waals surface area (Å²) >= 11 is 0. The maximum Gasteiger partial charge on any atom is 0.240 e. The molecule has 1 aliphatic rings. The summed E-state index contributed by atoms with van der Waals surface area (Å²) in [4.78, 5) is 9.22. The Hall–Kier alpha value is -1.76. The first-order valence-electron chi connectivity index (χ1n) is 8.10. The first-order valence-corrected chi connectivity index (χ1v) is 8.10. The molecule has 6 nitrogen and oxygen atoms in total. The van der Waals surface area contributed by atoms with E-state index in [1.165, 1.54) is 5.56 Å². The third-order valence-electron chi connectivity index (χ3n) is 4.42. The summed E-state index contributed by atoms with van der Waals surface area (Å²) in [6.45, 7) is 9.60. The van der Waals surface area contributed by atoms with Gasteiger partial charge in [-0.05, 0) is 19.4 Å². The highest BCUT2D eigenvalue weighted by molar-refractivity contribution is 5.15. The van der Waals surface area contributed by atoms with E-state index in [0.29, 0.717) is 19.0 Å². The third-order valence-corrected chi connectivity index (χ3v) is 4.42. The van der Waals surface area contributed by atoms with Crippen LogP contribution in [-0.4, -0.2) is 45.1 Å². The van der Waals surface area contributed by atoms with Gasteiger partial charge in [-0.3, -0.25) is 9.80 Å². The molecule has 1 aromatic heterocycles. The lowest BCUT2D eigenvalue weighted by Crippen LogP contribution is -2.58. The van der Waals surface area contributed by atoms with Gasteiger partial charge in [-0.2, -0.15) is 4.98 Å². The molecule has 0 amide bonds. The molecular weight excluding hydrogens is 290 g/mol. The van der Waals surface area contributed by atoms with E-state index in [1.807, 2.05) is 0 Å². The molecule has 1 aliphatic heterocycles. The molecule has 1 aromatic carbocycles. The fourth-order valence-corrected chi connectivity index (χ4v) is 3.16. The average molecular weight is 315 g/mol. The molecule has 0 atom stereocenters. The van der Waals surface area contributed by atoms with Crippen LogP contribution in [0.25, 0.3) is 0 Å². The van der Waals surface area contributed by atoms with Gasteiger partial charge in [0.05, 0.1) is 13.1 Å². The van der Waals surface area contributed by atoms with E-state index in [9.17, 15) is 0 Å². The maximum absolute atomic E-state index is 5.51. The second-order valence-corrected chi connectivity index (χ2v) is 6.74. The predicted octanol–water partition coefficient (Wildman–Crippen LogP) is 1.62. The van der Waals surface area contributed by atoms with Gasteiger partial charge >= 0.3 is 0 Å². The topological polar surface area (TPSA) is 71.4 Å². The predicted molar refractivity (Wildman–Crippen MR) is 88.4 cm³/mol. The van der Waals surface area contributed by atoms with E-state index in [0.717, 1.165) is 32.0 Å². The Morgan fingerprint density at radius 3 is 2.61 bits per heavy atom. The lowest BCUT2D eigenvalue weighted by atomic mass is 9.97. The molecule has 124 valence electrons. The summed E-state index contributed by atoms with van der Waals surface area (Å²) in [6, 6.07) is 10.6. The average Bonchev–Trinajstić information content (AvgIpc) is 2.98. The zero-order valence-corrected chi connectivity index (χ0v) is 13.9. The minimum absolute atomic E-state index is 0.106. The highest BCUT2D eigenvalue weighted by Crippen LogP contribution is 2.24. The van der Waals surface area contributed by atoms with Crippen molar-refractivity contribution in [3.63, 3.8) is 0 Å². The molecule has 0 unspecified atom stereocenters. The van der Waals surface area contributed by atoms with Gasteiger partial charge in [0.15, 0.2) is 5.82 Å². The van der Waals surface area contributed by atoms with E-state index in [-0.39, 0.29) is 5.54 Å². The van der Waals surface area contributed by atoms with Crippen LogP contribution in [0.1, 0.15) is 31.1 Å². The van der Waals surface area contributed by atoms with E-state index in [4.69, 9.17) is 10.3 Å². The number of hydrogen-bond acceptors (Lipinski definition) is 6. The Morgan fingerprint density at radius 2 is 1.96 bits per heavy atom. The number of aromatic nitrogens is 2. The fourth-order valence-electron chi connectivity index (χ4n) is 3.16. The summed E-state index contributed by atoms with van der Waals surface area (Å²) in [5, 5.41) is 3.99. The SMILES string of the molecule is CC1(C)CN(Cc2noc(CN)n2)CCN1Cc1ccccc1. The van der Waals surface area contributed by atoms with Crippen molar-refractivity contribution < 1.29 is 4.52 Å². The maximum atomic E-state index is 5.51. The summed E-state index contributed by atoms with van der Waals surface area (Å²) < 4.78 is 5.08. The molecule has 23 heavy (non-hydrogen) atoms. The molecule has 6 heteroatoms. The van der Waals surface area contributed by atoms with Crippen molar-refractivity contribution in [1.82, 2.24) is 19.9 Å². The van der Waals surface area contributed by atoms with Crippen molar-refractivity contribution in [3.05, 3.63) is 47.6 Å². The lowest BCUT2D eigenvalue weighted by molar-refractivity contribution is 0.00906. The number of nitrogens with zero attached hydrogens (tertiary/aromatic N) is 4. The molecule has 0 aliphatic carbocycles. The first-order chi connectivity index (χ1) is 11.1. The van der Waals surface area contributed by atoms with Gasteiger partial charge in [0.2, 0.25) is 5.89 Å². The van der Waals surface area contributed by atoms with Crippen LogP contribution in [0.15, 0.2) is 34.9 Å². The van der Waals surface area contributed by atoms with Gasteiger partial charge in [-0.15, -0.1) is 0 Å². The number of benzene rings is 1. The second-order valence-electron chi connectivity index (χ2n) is 6.74. The minimum Gasteiger partial charge on any atom is -0.338 e. The standard InChI is InChI=1S/C17H25N5O/c1-17(2)13-21(12-15-19-16(10-18)23-20-15)8-9-22(17)11-14-6-4-3-5-7-14/h3-7H,8-13,18H2,1-2H3. The van der Waals surface area contributed by atoms with Crippen LogP contribution >= 0.6 is 0 Å². The van der Waals surface area contributed by atoms with Gasteiger partial charge < -0.3 is 10.3 Å². The van der Waals surface area contributed by atoms with Crippen LogP contribution in [0.4, 0.5) is 0 Å². The Balaban J connectivity index is 1.60. The monoisotopic (exact) mass is 315 g/mol. The van der Waals surface area contributed by atoms with Gasteiger partial charge in [0.25, 0.3) is 0 Å². The van der Waals surface area contributed by atoms with Crippen LogP contribution in [-0.2, 0) is 19.6 Å². The highest BCUT2D eigenvalue weighted by Gasteiger charge is 2.33. The summed E-state index contributed by atoms with van der Waals surface area (Å²) in [7, 11) is 0. The third kappa shape index (κ3) is 3.96. The Bertz CT molecular complexity index is 625. The minimum atomic E-state index is 0.106. The van der Waals surface area contributed by atoms with Gasteiger partial charge in [0.1, 0.15) is 0 Å². The molecule has 1 fully saturated rings. The summed E-state index contributed by atoms with van der Waals surface area (Å²) in [6.07, 6.45) is 0. The number of hydrogen-bond donors (Lipinski definition) is 1. The largest absolute Gasteiger partial charge is 0.338 e. The molecule has 0 spiro atoms. The summed E-state index contributed by atoms with van der Waals surface area (Å²) in [5.41, 5.74) is 6.98. The van der Waals surface area contributed by atoms with Gasteiger partial charge in [0, 0.05) is 31.7 Å². The van der Waals surface area contributed by atoms with E-state index >= 15 is 0 Å². The highest BCUT2D eigenvalue weighted by atomic mass is 16.5. The zero-order valence-electron chi connectivity index (χ0n) is 13.9. The Kier molecular flexibility index (Phi) is 4.75. The quantitative estimate of drug-likeness (QED) is 0.904. The van der Waals surface area contributed by atoms with Crippen LogP contribution in [0.2, 0.25) is 0 Å². The Labute approximate surface area is 137 Å². The van der Waals surface area contributed by atoms with Crippen LogP contribution in [0.3, 0.4) is 0 Å². The van der Waals surface area contributed by atoms with Gasteiger partial charge in [-0.1, -0.05) is 35.5 Å². The van der Waals surface area contributed by atoms with Crippen molar-refractivity contribution >= 4 is 0 Å². The fraction of sp³-hybridized carbons (Fsp3) is 0.529. The number of rotatable bonds is 5. The van der Waals surface area contributed by atoms with Crippen LogP contribution < -0.4 is 5.73 Å².